The maximum Gasteiger partial charge on any atom is 0.241 e. The van der Waals surface area contributed by atoms with Crippen LogP contribution in [0.15, 0.2) is 47.4 Å². The molecule has 0 fully saturated rings. The molecule has 1 amide bonds. The van der Waals surface area contributed by atoms with Crippen molar-refractivity contribution in [3.05, 3.63) is 42.5 Å². The Hall–Kier alpha value is -1.92. The Labute approximate surface area is 124 Å². The third-order valence-corrected chi connectivity index (χ3v) is 4.73. The van der Waals surface area contributed by atoms with Crippen LogP contribution in [0.1, 0.15) is 13.8 Å². The van der Waals surface area contributed by atoms with Gasteiger partial charge in [-0.05, 0) is 28.8 Å². The third-order valence-electron chi connectivity index (χ3n) is 3.29. The Morgan fingerprint density at radius 3 is 2.29 bits per heavy atom. The zero-order valence-electron chi connectivity index (χ0n) is 11.9. The van der Waals surface area contributed by atoms with Gasteiger partial charge < -0.3 is 5.73 Å². The predicted molar refractivity (Wildman–Crippen MR) is 82.1 cm³/mol. The van der Waals surface area contributed by atoms with Crippen molar-refractivity contribution in [2.45, 2.75) is 24.8 Å². The fourth-order valence-electron chi connectivity index (χ4n) is 2.09. The molecule has 0 spiro atoms. The molecule has 0 aliphatic carbocycles. The molecule has 0 bridgehead atoms. The van der Waals surface area contributed by atoms with E-state index in [0.717, 1.165) is 10.8 Å². The van der Waals surface area contributed by atoms with Crippen molar-refractivity contribution in [3.63, 3.8) is 0 Å². The van der Waals surface area contributed by atoms with Gasteiger partial charge in [-0.1, -0.05) is 44.2 Å². The molecule has 0 saturated heterocycles. The van der Waals surface area contributed by atoms with E-state index in [-0.39, 0.29) is 10.8 Å². The van der Waals surface area contributed by atoms with E-state index < -0.39 is 22.0 Å². The highest BCUT2D eigenvalue weighted by molar-refractivity contribution is 7.89. The highest BCUT2D eigenvalue weighted by Crippen LogP contribution is 2.19. The molecule has 2 aromatic rings. The number of benzene rings is 2. The summed E-state index contributed by atoms with van der Waals surface area (Å²) >= 11 is 0. The van der Waals surface area contributed by atoms with E-state index in [1.165, 1.54) is 6.07 Å². The highest BCUT2D eigenvalue weighted by Gasteiger charge is 2.26. The molecule has 0 aliphatic heterocycles. The minimum absolute atomic E-state index is 0.119. The topological polar surface area (TPSA) is 89.3 Å². The zero-order valence-corrected chi connectivity index (χ0v) is 12.7. The monoisotopic (exact) mass is 306 g/mol. The van der Waals surface area contributed by atoms with Gasteiger partial charge in [0.25, 0.3) is 0 Å². The summed E-state index contributed by atoms with van der Waals surface area (Å²) in [7, 11) is -3.79. The zero-order chi connectivity index (χ0) is 15.6. The first-order valence-corrected chi connectivity index (χ1v) is 8.10. The minimum Gasteiger partial charge on any atom is -0.368 e. The normalized spacial score (nSPS) is 13.5. The summed E-state index contributed by atoms with van der Waals surface area (Å²) in [5, 5.41) is 1.77. The number of amides is 1. The van der Waals surface area contributed by atoms with Gasteiger partial charge in [0.2, 0.25) is 15.9 Å². The molecule has 1 unspecified atom stereocenters. The van der Waals surface area contributed by atoms with Crippen molar-refractivity contribution < 1.29 is 13.2 Å². The van der Waals surface area contributed by atoms with Gasteiger partial charge in [-0.15, -0.1) is 0 Å². The van der Waals surface area contributed by atoms with Crippen molar-refractivity contribution in [2.75, 3.05) is 0 Å². The van der Waals surface area contributed by atoms with Gasteiger partial charge in [0.05, 0.1) is 4.90 Å². The summed E-state index contributed by atoms with van der Waals surface area (Å²) in [4.78, 5) is 11.5. The number of rotatable bonds is 5. The van der Waals surface area contributed by atoms with Gasteiger partial charge in [0.1, 0.15) is 6.04 Å². The second-order valence-corrected chi connectivity index (χ2v) is 6.97. The van der Waals surface area contributed by atoms with Crippen LogP contribution in [0.2, 0.25) is 0 Å². The quantitative estimate of drug-likeness (QED) is 0.879. The Morgan fingerprint density at radius 1 is 1.10 bits per heavy atom. The number of fused-ring (bicyclic) bond motifs is 1. The molecule has 2 rings (SSSR count). The molecular formula is C15H18N2O3S. The van der Waals surface area contributed by atoms with E-state index in [1.807, 2.05) is 24.3 Å². The number of nitrogens with one attached hydrogen (secondary N) is 1. The van der Waals surface area contributed by atoms with E-state index >= 15 is 0 Å². The van der Waals surface area contributed by atoms with Gasteiger partial charge in [-0.3, -0.25) is 4.79 Å². The van der Waals surface area contributed by atoms with E-state index in [4.69, 9.17) is 5.73 Å². The van der Waals surface area contributed by atoms with Crippen LogP contribution in [0.4, 0.5) is 0 Å². The molecule has 6 heteroatoms. The first-order chi connectivity index (χ1) is 9.81. The second kappa shape index (κ2) is 5.83. The standard InChI is InChI=1S/C15H18N2O3S/c1-10(2)14(15(16)18)17-21(19,20)13-8-7-11-5-3-4-6-12(11)9-13/h3-10,14,17H,1-2H3,(H2,16,18). The Bertz CT molecular complexity index is 769. The van der Waals surface area contributed by atoms with E-state index in [1.54, 1.807) is 26.0 Å². The smallest absolute Gasteiger partial charge is 0.241 e. The van der Waals surface area contributed by atoms with Crippen molar-refractivity contribution in [1.29, 1.82) is 0 Å². The van der Waals surface area contributed by atoms with E-state index in [0.29, 0.717) is 0 Å². The lowest BCUT2D eigenvalue weighted by atomic mass is 10.1. The lowest BCUT2D eigenvalue weighted by molar-refractivity contribution is -0.120. The van der Waals surface area contributed by atoms with Crippen LogP contribution in [0.25, 0.3) is 10.8 Å². The first-order valence-electron chi connectivity index (χ1n) is 6.62. The molecule has 0 saturated carbocycles. The third kappa shape index (κ3) is 3.40. The Balaban J connectivity index is 2.39. The summed E-state index contributed by atoms with van der Waals surface area (Å²) in [6.45, 7) is 3.47. The van der Waals surface area contributed by atoms with E-state index in [2.05, 4.69) is 4.72 Å². The first kappa shape index (κ1) is 15.5. The van der Waals surface area contributed by atoms with Crippen LogP contribution in [-0.4, -0.2) is 20.4 Å². The molecule has 3 N–H and O–H groups in total. The van der Waals surface area contributed by atoms with Crippen molar-refractivity contribution in [1.82, 2.24) is 4.72 Å². The summed E-state index contributed by atoms with van der Waals surface area (Å²) < 4.78 is 27.1. The van der Waals surface area contributed by atoms with Crippen molar-refractivity contribution in [2.24, 2.45) is 11.7 Å². The van der Waals surface area contributed by atoms with Crippen LogP contribution >= 0.6 is 0 Å². The van der Waals surface area contributed by atoms with Gasteiger partial charge in [0.15, 0.2) is 0 Å². The molecular weight excluding hydrogens is 288 g/mol. The molecule has 1 atom stereocenters. The second-order valence-electron chi connectivity index (χ2n) is 5.25. The number of nitrogens with two attached hydrogens (primary N) is 1. The molecule has 21 heavy (non-hydrogen) atoms. The van der Waals surface area contributed by atoms with Gasteiger partial charge in [-0.2, -0.15) is 4.72 Å². The van der Waals surface area contributed by atoms with Crippen LogP contribution in [-0.2, 0) is 14.8 Å². The lowest BCUT2D eigenvalue weighted by Crippen LogP contribution is -2.47. The molecule has 0 heterocycles. The summed E-state index contributed by atoms with van der Waals surface area (Å²) in [6, 6.07) is 11.4. The Morgan fingerprint density at radius 2 is 1.71 bits per heavy atom. The average Bonchev–Trinajstić information content (AvgIpc) is 2.43. The maximum absolute atomic E-state index is 12.4. The lowest BCUT2D eigenvalue weighted by Gasteiger charge is -2.19. The number of hydrogen-bond acceptors (Lipinski definition) is 3. The summed E-state index contributed by atoms with van der Waals surface area (Å²) in [6.07, 6.45) is 0. The number of sulfonamides is 1. The maximum atomic E-state index is 12.4. The highest BCUT2D eigenvalue weighted by atomic mass is 32.2. The van der Waals surface area contributed by atoms with Crippen LogP contribution in [0.5, 0.6) is 0 Å². The molecule has 2 aromatic carbocycles. The molecule has 0 aliphatic rings. The van der Waals surface area contributed by atoms with E-state index in [9.17, 15) is 13.2 Å². The Kier molecular flexibility index (Phi) is 4.29. The number of primary amides is 1. The van der Waals surface area contributed by atoms with Crippen molar-refractivity contribution in [3.8, 4) is 0 Å². The summed E-state index contributed by atoms with van der Waals surface area (Å²) in [5.41, 5.74) is 5.25. The predicted octanol–water partition coefficient (Wildman–Crippen LogP) is 1.63. The van der Waals surface area contributed by atoms with Crippen LogP contribution in [0.3, 0.4) is 0 Å². The fourth-order valence-corrected chi connectivity index (χ4v) is 3.48. The van der Waals surface area contributed by atoms with Gasteiger partial charge >= 0.3 is 0 Å². The van der Waals surface area contributed by atoms with Crippen LogP contribution in [0, 0.1) is 5.92 Å². The van der Waals surface area contributed by atoms with Gasteiger partial charge in [0, 0.05) is 0 Å². The average molecular weight is 306 g/mol. The number of hydrogen-bond donors (Lipinski definition) is 2. The molecule has 112 valence electrons. The minimum atomic E-state index is -3.79. The molecule has 0 radical (unpaired) electrons. The van der Waals surface area contributed by atoms with Crippen LogP contribution < -0.4 is 10.5 Å². The molecule has 5 nitrogen and oxygen atoms in total. The number of carbonyl (C=O) groups excluding carboxylic acids is 1. The van der Waals surface area contributed by atoms with Gasteiger partial charge in [-0.25, -0.2) is 8.42 Å². The largest absolute Gasteiger partial charge is 0.368 e. The molecule has 0 aromatic heterocycles. The summed E-state index contributed by atoms with van der Waals surface area (Å²) in [5.74, 6) is -0.910. The SMILES string of the molecule is CC(C)C(NS(=O)(=O)c1ccc2ccccc2c1)C(N)=O. The van der Waals surface area contributed by atoms with Crippen molar-refractivity contribution >= 4 is 26.7 Å². The number of carbonyl (C=O) groups is 1. The fraction of sp³-hybridized carbons (Fsp3) is 0.267.